The lowest BCUT2D eigenvalue weighted by Gasteiger charge is -2.36. The molecule has 1 aliphatic rings. The van der Waals surface area contributed by atoms with Crippen LogP contribution in [-0.2, 0) is 4.79 Å². The summed E-state index contributed by atoms with van der Waals surface area (Å²) in [5.74, 6) is 1.54. The first-order chi connectivity index (χ1) is 9.97. The number of piperidine rings is 1. The van der Waals surface area contributed by atoms with Crippen molar-refractivity contribution in [3.63, 3.8) is 0 Å². The predicted molar refractivity (Wildman–Crippen MR) is 89.4 cm³/mol. The van der Waals surface area contributed by atoms with Gasteiger partial charge in [0.05, 0.1) is 6.04 Å². The highest BCUT2D eigenvalue weighted by atomic mass is 16.2. The lowest BCUT2D eigenvalue weighted by atomic mass is 9.91. The zero-order valence-electron chi connectivity index (χ0n) is 14.7. The highest BCUT2D eigenvalue weighted by molar-refractivity contribution is 5.81. The third kappa shape index (κ3) is 6.35. The molecule has 0 radical (unpaired) electrons. The number of rotatable bonds is 8. The number of nitrogens with zero attached hydrogens (tertiary/aromatic N) is 2. The lowest BCUT2D eigenvalue weighted by Crippen LogP contribution is -2.50. The fourth-order valence-corrected chi connectivity index (χ4v) is 3.37. The third-order valence-corrected chi connectivity index (χ3v) is 4.55. The predicted octanol–water partition coefficient (Wildman–Crippen LogP) is 2.20. The number of carbonyl (C=O) groups excluding carboxylic acids is 1. The minimum absolute atomic E-state index is 0.0563. The van der Waals surface area contributed by atoms with Crippen LogP contribution in [0.5, 0.6) is 0 Å². The monoisotopic (exact) mass is 297 g/mol. The molecule has 3 atom stereocenters. The van der Waals surface area contributed by atoms with Crippen LogP contribution in [0, 0.1) is 11.8 Å². The van der Waals surface area contributed by atoms with Crippen molar-refractivity contribution in [1.82, 2.24) is 15.1 Å². The summed E-state index contributed by atoms with van der Waals surface area (Å²) >= 11 is 0. The van der Waals surface area contributed by atoms with Gasteiger partial charge in [0.15, 0.2) is 0 Å². The molecule has 1 amide bonds. The van der Waals surface area contributed by atoms with E-state index < -0.39 is 0 Å². The Morgan fingerprint density at radius 2 is 1.81 bits per heavy atom. The normalized spacial score (nSPS) is 24.4. The highest BCUT2D eigenvalue weighted by Gasteiger charge is 2.27. The zero-order chi connectivity index (χ0) is 15.8. The van der Waals surface area contributed by atoms with Crippen LogP contribution < -0.4 is 5.32 Å². The first-order valence-electron chi connectivity index (χ1n) is 8.72. The van der Waals surface area contributed by atoms with Crippen LogP contribution in [-0.4, -0.2) is 61.0 Å². The van der Waals surface area contributed by atoms with E-state index in [0.717, 1.165) is 45.7 Å². The number of amides is 1. The van der Waals surface area contributed by atoms with Crippen molar-refractivity contribution in [1.29, 1.82) is 0 Å². The SMILES string of the molecule is CCN(CC)CCCN[C@H](C)C(=O)N1C[C@H](C)C[C@@H](C)C1. The maximum atomic E-state index is 12.5. The van der Waals surface area contributed by atoms with Crippen LogP contribution >= 0.6 is 0 Å². The number of hydrogen-bond donors (Lipinski definition) is 1. The van der Waals surface area contributed by atoms with Gasteiger partial charge in [0, 0.05) is 13.1 Å². The third-order valence-electron chi connectivity index (χ3n) is 4.55. The molecule has 0 unspecified atom stereocenters. The topological polar surface area (TPSA) is 35.6 Å². The molecule has 1 saturated heterocycles. The Balaban J connectivity index is 2.27. The highest BCUT2D eigenvalue weighted by Crippen LogP contribution is 2.21. The van der Waals surface area contributed by atoms with E-state index in [1.807, 2.05) is 6.92 Å². The summed E-state index contributed by atoms with van der Waals surface area (Å²) in [6.45, 7) is 17.0. The number of nitrogens with one attached hydrogen (secondary N) is 1. The van der Waals surface area contributed by atoms with Crippen molar-refractivity contribution in [3.05, 3.63) is 0 Å². The van der Waals surface area contributed by atoms with Crippen LogP contribution in [0.25, 0.3) is 0 Å². The van der Waals surface area contributed by atoms with E-state index in [1.54, 1.807) is 0 Å². The summed E-state index contributed by atoms with van der Waals surface area (Å²) in [7, 11) is 0. The van der Waals surface area contributed by atoms with Gasteiger partial charge < -0.3 is 15.1 Å². The fourth-order valence-electron chi connectivity index (χ4n) is 3.37. The van der Waals surface area contributed by atoms with Crippen molar-refractivity contribution >= 4 is 5.91 Å². The molecule has 4 heteroatoms. The number of hydrogen-bond acceptors (Lipinski definition) is 3. The Bertz CT molecular complexity index is 294. The second-order valence-electron chi connectivity index (χ2n) is 6.75. The van der Waals surface area contributed by atoms with E-state index in [9.17, 15) is 4.79 Å². The van der Waals surface area contributed by atoms with Crippen molar-refractivity contribution in [3.8, 4) is 0 Å². The van der Waals surface area contributed by atoms with Crippen molar-refractivity contribution < 1.29 is 4.79 Å². The largest absolute Gasteiger partial charge is 0.341 e. The van der Waals surface area contributed by atoms with Crippen LogP contribution in [0.15, 0.2) is 0 Å². The minimum Gasteiger partial charge on any atom is -0.341 e. The van der Waals surface area contributed by atoms with E-state index in [-0.39, 0.29) is 11.9 Å². The van der Waals surface area contributed by atoms with Crippen LogP contribution in [0.3, 0.4) is 0 Å². The number of carbonyl (C=O) groups is 1. The first kappa shape index (κ1) is 18.4. The number of likely N-dealkylation sites (tertiary alicyclic amines) is 1. The van der Waals surface area contributed by atoms with Gasteiger partial charge in [-0.25, -0.2) is 0 Å². The molecular formula is C17H35N3O. The zero-order valence-corrected chi connectivity index (χ0v) is 14.7. The summed E-state index contributed by atoms with van der Waals surface area (Å²) < 4.78 is 0. The summed E-state index contributed by atoms with van der Waals surface area (Å²) in [5.41, 5.74) is 0. The lowest BCUT2D eigenvalue weighted by molar-refractivity contribution is -0.135. The molecule has 1 heterocycles. The fraction of sp³-hybridized carbons (Fsp3) is 0.941. The van der Waals surface area contributed by atoms with Crippen molar-refractivity contribution in [2.75, 3.05) is 39.3 Å². The van der Waals surface area contributed by atoms with Gasteiger partial charge in [-0.3, -0.25) is 4.79 Å². The van der Waals surface area contributed by atoms with Gasteiger partial charge in [-0.1, -0.05) is 27.7 Å². The smallest absolute Gasteiger partial charge is 0.239 e. The van der Waals surface area contributed by atoms with Gasteiger partial charge in [-0.15, -0.1) is 0 Å². The van der Waals surface area contributed by atoms with E-state index in [1.165, 1.54) is 6.42 Å². The molecular weight excluding hydrogens is 262 g/mol. The molecule has 0 aromatic rings. The van der Waals surface area contributed by atoms with Crippen LogP contribution in [0.2, 0.25) is 0 Å². The molecule has 124 valence electrons. The van der Waals surface area contributed by atoms with Gasteiger partial charge in [0.2, 0.25) is 5.91 Å². The van der Waals surface area contributed by atoms with Crippen molar-refractivity contribution in [2.45, 2.75) is 53.5 Å². The quantitative estimate of drug-likeness (QED) is 0.698. The molecule has 0 spiro atoms. The molecule has 0 aromatic heterocycles. The molecule has 1 aliphatic heterocycles. The van der Waals surface area contributed by atoms with Gasteiger partial charge in [-0.05, 0) is 57.8 Å². The first-order valence-corrected chi connectivity index (χ1v) is 8.72. The molecule has 0 aromatic carbocycles. The minimum atomic E-state index is -0.0563. The molecule has 4 nitrogen and oxygen atoms in total. The van der Waals surface area contributed by atoms with Gasteiger partial charge >= 0.3 is 0 Å². The molecule has 1 rings (SSSR count). The summed E-state index contributed by atoms with van der Waals surface area (Å²) in [6, 6.07) is -0.0563. The average molecular weight is 297 g/mol. The average Bonchev–Trinajstić information content (AvgIpc) is 2.45. The van der Waals surface area contributed by atoms with Gasteiger partial charge in [-0.2, -0.15) is 0 Å². The van der Waals surface area contributed by atoms with Gasteiger partial charge in [0.1, 0.15) is 0 Å². The second kappa shape index (κ2) is 9.42. The second-order valence-corrected chi connectivity index (χ2v) is 6.75. The Kier molecular flexibility index (Phi) is 8.27. The Labute approximate surface area is 131 Å². The summed E-state index contributed by atoms with van der Waals surface area (Å²) in [4.78, 5) is 17.0. The van der Waals surface area contributed by atoms with Gasteiger partial charge in [0.25, 0.3) is 0 Å². The molecule has 1 N–H and O–H groups in total. The van der Waals surface area contributed by atoms with E-state index in [2.05, 4.69) is 42.8 Å². The maximum Gasteiger partial charge on any atom is 0.239 e. The summed E-state index contributed by atoms with van der Waals surface area (Å²) in [6.07, 6.45) is 2.35. The van der Waals surface area contributed by atoms with E-state index >= 15 is 0 Å². The Hall–Kier alpha value is -0.610. The Morgan fingerprint density at radius 3 is 2.33 bits per heavy atom. The molecule has 0 saturated carbocycles. The Morgan fingerprint density at radius 1 is 1.24 bits per heavy atom. The molecule has 1 fully saturated rings. The summed E-state index contributed by atoms with van der Waals surface area (Å²) in [5, 5.41) is 3.40. The van der Waals surface area contributed by atoms with Crippen LogP contribution in [0.1, 0.15) is 47.5 Å². The maximum absolute atomic E-state index is 12.5. The van der Waals surface area contributed by atoms with E-state index in [4.69, 9.17) is 0 Å². The van der Waals surface area contributed by atoms with E-state index in [0.29, 0.717) is 11.8 Å². The van der Waals surface area contributed by atoms with Crippen molar-refractivity contribution in [2.24, 2.45) is 11.8 Å². The molecule has 0 bridgehead atoms. The van der Waals surface area contributed by atoms with Crippen LogP contribution in [0.4, 0.5) is 0 Å². The standard InChI is InChI=1S/C17H35N3O/c1-6-19(7-2)10-8-9-18-16(5)17(21)20-12-14(3)11-15(4)13-20/h14-16,18H,6-13H2,1-5H3/t14-,15-,16-/m1/s1. The molecule has 21 heavy (non-hydrogen) atoms. The molecule has 0 aliphatic carbocycles.